The molecule has 3 aliphatic rings. The van der Waals surface area contributed by atoms with E-state index < -0.39 is 11.7 Å². The van der Waals surface area contributed by atoms with Gasteiger partial charge in [0, 0.05) is 99.4 Å². The number of imidazole rings is 2. The van der Waals surface area contributed by atoms with Gasteiger partial charge in [-0.3, -0.25) is 25.1 Å². The van der Waals surface area contributed by atoms with Gasteiger partial charge in [0.2, 0.25) is 0 Å². The topological polar surface area (TPSA) is 192 Å². The van der Waals surface area contributed by atoms with Crippen LogP contribution in [0.3, 0.4) is 0 Å². The van der Waals surface area contributed by atoms with Crippen molar-refractivity contribution in [3.63, 3.8) is 0 Å². The van der Waals surface area contributed by atoms with E-state index in [2.05, 4.69) is 79.1 Å². The molecule has 1 atom stereocenters. The van der Waals surface area contributed by atoms with Crippen molar-refractivity contribution < 1.29 is 13.2 Å². The summed E-state index contributed by atoms with van der Waals surface area (Å²) >= 11 is 0. The van der Waals surface area contributed by atoms with Crippen molar-refractivity contribution >= 4 is 62.2 Å². The van der Waals surface area contributed by atoms with Gasteiger partial charge in [0.1, 0.15) is 34.4 Å². The molecule has 0 amide bonds. The SMILES string of the molecule is CN1CCN(c2nccc3[nH]c(-c4[nH]nc5ncc(-c6cncc(F)c6)cc45)nc23)CC1N1CC(c2cccnc2)=Cc2c1n[nH]c2-c1nc2c(N3CCC(F)(F)CC3)nccc2[nH]1. The van der Waals surface area contributed by atoms with Gasteiger partial charge in [0.25, 0.3) is 5.92 Å². The zero-order valence-electron chi connectivity index (χ0n) is 34.3. The maximum absolute atomic E-state index is 14.1. The summed E-state index contributed by atoms with van der Waals surface area (Å²) < 4.78 is 42.3. The number of nitrogens with zero attached hydrogens (tertiary/aromatic N) is 13. The minimum atomic E-state index is -2.68. The van der Waals surface area contributed by atoms with Gasteiger partial charge in [-0.05, 0) is 54.6 Å². The Hall–Kier alpha value is -7.74. The lowest BCUT2D eigenvalue weighted by Crippen LogP contribution is -2.60. The van der Waals surface area contributed by atoms with Crippen molar-refractivity contribution in [3.05, 3.63) is 96.7 Å². The van der Waals surface area contributed by atoms with Crippen LogP contribution in [0.5, 0.6) is 0 Å². The Bertz CT molecular complexity index is 3250. The van der Waals surface area contributed by atoms with Gasteiger partial charge >= 0.3 is 0 Å². The summed E-state index contributed by atoms with van der Waals surface area (Å²) in [7, 11) is 2.12. The molecule has 20 heteroatoms. The number of hydrogen-bond donors (Lipinski definition) is 4. The molecule has 4 N–H and O–H groups in total. The number of likely N-dealkylation sites (N-methyl/N-ethyl adjacent to an activating group) is 1. The van der Waals surface area contributed by atoms with Gasteiger partial charge < -0.3 is 24.7 Å². The standard InChI is InChI=1S/C44H38F3N17/c1-61-13-14-63(43-37-32(5-10-51-43)53-39(56-37)34-29-16-26(20-52-38(29)59-57-34)25-15-28(45)21-49-19-25)23-33(61)64-22-27(24-3-2-8-48-18-24)17-30-35(58-60-41(30)64)40-54-31-4-9-50-42(36(31)55-40)62-11-6-44(46,47)7-12-62/h2-5,8-10,15-21,33H,6-7,11-14,22-23H2,1H3,(H,53,56)(H,54,55)(H,58,60)(H,52,57,59). The predicted octanol–water partition coefficient (Wildman–Crippen LogP) is 6.53. The number of pyridine rings is 5. The highest BCUT2D eigenvalue weighted by atomic mass is 19.3. The zero-order valence-corrected chi connectivity index (χ0v) is 34.3. The number of piperazine rings is 1. The fourth-order valence-corrected chi connectivity index (χ4v) is 9.11. The number of fused-ring (bicyclic) bond motifs is 4. The van der Waals surface area contributed by atoms with Crippen LogP contribution in [0.4, 0.5) is 30.6 Å². The number of H-pyrrole nitrogens is 4. The normalized spacial score (nSPS) is 18.0. The number of anilines is 3. The average molecular weight is 862 g/mol. The molecule has 2 fully saturated rings. The molecule has 9 aromatic rings. The fourth-order valence-electron chi connectivity index (χ4n) is 9.11. The van der Waals surface area contributed by atoms with E-state index in [9.17, 15) is 13.2 Å². The number of aromatic nitrogens is 13. The lowest BCUT2D eigenvalue weighted by Gasteiger charge is -2.46. The van der Waals surface area contributed by atoms with E-state index in [1.54, 1.807) is 31.0 Å². The summed E-state index contributed by atoms with van der Waals surface area (Å²) in [6, 6.07) is 11.1. The maximum Gasteiger partial charge on any atom is 0.251 e. The molecule has 64 heavy (non-hydrogen) atoms. The second-order valence-electron chi connectivity index (χ2n) is 16.4. The number of nitrogens with one attached hydrogen (secondary N) is 4. The van der Waals surface area contributed by atoms with Crippen LogP contribution in [0.1, 0.15) is 24.0 Å². The second-order valence-corrected chi connectivity index (χ2v) is 16.4. The second kappa shape index (κ2) is 14.7. The maximum atomic E-state index is 14.1. The minimum Gasteiger partial charge on any atom is -0.354 e. The van der Waals surface area contributed by atoms with Crippen molar-refractivity contribution in [2.24, 2.45) is 0 Å². The largest absolute Gasteiger partial charge is 0.354 e. The van der Waals surface area contributed by atoms with E-state index in [0.717, 1.165) is 51.3 Å². The Morgan fingerprint density at radius 1 is 0.703 bits per heavy atom. The molecule has 0 bridgehead atoms. The Balaban J connectivity index is 0.887. The highest BCUT2D eigenvalue weighted by Crippen LogP contribution is 2.41. The quantitative estimate of drug-likeness (QED) is 0.135. The average Bonchev–Trinajstić information content (AvgIpc) is 4.13. The number of rotatable bonds is 7. The molecule has 320 valence electrons. The fraction of sp³-hybridized carbons (Fsp3) is 0.250. The Morgan fingerprint density at radius 3 is 2.17 bits per heavy atom. The first-order valence-corrected chi connectivity index (χ1v) is 20.9. The molecule has 0 saturated carbocycles. The van der Waals surface area contributed by atoms with Gasteiger partial charge in [-0.2, -0.15) is 10.2 Å². The number of hydrogen-bond acceptors (Lipinski definition) is 13. The van der Waals surface area contributed by atoms with E-state index in [4.69, 9.17) is 20.1 Å². The molecule has 0 radical (unpaired) electrons. The van der Waals surface area contributed by atoms with Gasteiger partial charge in [0.05, 0.1) is 29.2 Å². The molecule has 0 aromatic carbocycles. The third-order valence-corrected chi connectivity index (χ3v) is 12.5. The van der Waals surface area contributed by atoms with Crippen LogP contribution >= 0.6 is 0 Å². The summed E-state index contributed by atoms with van der Waals surface area (Å²) in [4.78, 5) is 48.3. The van der Waals surface area contributed by atoms with Crippen molar-refractivity contribution in [2.45, 2.75) is 24.9 Å². The van der Waals surface area contributed by atoms with Crippen molar-refractivity contribution in [1.29, 1.82) is 0 Å². The first kappa shape index (κ1) is 38.0. The van der Waals surface area contributed by atoms with E-state index >= 15 is 0 Å². The first-order valence-electron chi connectivity index (χ1n) is 20.9. The molecular formula is C44H38F3N17. The highest BCUT2D eigenvalue weighted by Gasteiger charge is 2.38. The zero-order chi connectivity index (χ0) is 43.1. The molecule has 2 saturated heterocycles. The van der Waals surface area contributed by atoms with Gasteiger partial charge in [-0.15, -0.1) is 0 Å². The van der Waals surface area contributed by atoms with Crippen LogP contribution in [0.15, 0.2) is 79.8 Å². The van der Waals surface area contributed by atoms with Gasteiger partial charge in [-0.25, -0.2) is 38.1 Å². The van der Waals surface area contributed by atoms with Crippen LogP contribution in [-0.2, 0) is 0 Å². The van der Waals surface area contributed by atoms with Gasteiger partial charge in [0.15, 0.2) is 34.7 Å². The van der Waals surface area contributed by atoms with E-state index in [1.165, 1.54) is 12.3 Å². The lowest BCUT2D eigenvalue weighted by molar-refractivity contribution is -0.0221. The molecule has 3 aliphatic heterocycles. The monoisotopic (exact) mass is 861 g/mol. The Morgan fingerprint density at radius 2 is 1.42 bits per heavy atom. The third-order valence-electron chi connectivity index (χ3n) is 12.5. The number of halogens is 3. The molecule has 0 aliphatic carbocycles. The van der Waals surface area contributed by atoms with Crippen molar-refractivity contribution in [1.82, 2.24) is 70.2 Å². The van der Waals surface area contributed by atoms with Crippen LogP contribution in [0.25, 0.3) is 78.9 Å². The van der Waals surface area contributed by atoms with E-state index in [0.29, 0.717) is 76.3 Å². The van der Waals surface area contributed by atoms with Crippen LogP contribution in [0.2, 0.25) is 0 Å². The number of aromatic amines is 4. The smallest absolute Gasteiger partial charge is 0.251 e. The molecule has 12 heterocycles. The summed E-state index contributed by atoms with van der Waals surface area (Å²) in [6.45, 7) is 2.95. The van der Waals surface area contributed by atoms with Crippen molar-refractivity contribution in [2.75, 3.05) is 61.0 Å². The summed E-state index contributed by atoms with van der Waals surface area (Å²) in [5, 5.41) is 16.5. The van der Waals surface area contributed by atoms with E-state index in [-0.39, 0.29) is 32.1 Å². The molecule has 0 spiro atoms. The molecule has 1 unspecified atom stereocenters. The first-order chi connectivity index (χ1) is 31.2. The van der Waals surface area contributed by atoms with Crippen molar-refractivity contribution in [3.8, 4) is 34.2 Å². The number of alkyl halides is 2. The summed E-state index contributed by atoms with van der Waals surface area (Å²) in [6.07, 6.45) is 13.0. The summed E-state index contributed by atoms with van der Waals surface area (Å²) in [5.74, 6) is 0.0984. The Kier molecular flexibility index (Phi) is 8.71. The van der Waals surface area contributed by atoms with Gasteiger partial charge in [-0.1, -0.05) is 6.07 Å². The molecule has 12 rings (SSSR count). The molecule has 9 aromatic heterocycles. The molecular weight excluding hydrogens is 824 g/mol. The highest BCUT2D eigenvalue weighted by molar-refractivity contribution is 5.97. The minimum absolute atomic E-state index is 0.151. The third kappa shape index (κ3) is 6.47. The van der Waals surface area contributed by atoms with E-state index in [1.807, 2.05) is 35.4 Å². The molecule has 17 nitrogen and oxygen atoms in total. The van der Waals surface area contributed by atoms with Crippen LogP contribution in [0, 0.1) is 5.82 Å². The van der Waals surface area contributed by atoms with Crippen LogP contribution in [-0.4, -0.2) is 129 Å². The van der Waals surface area contributed by atoms with Crippen LogP contribution < -0.4 is 14.7 Å². The number of piperidine rings is 1. The Labute approximate surface area is 361 Å². The lowest BCUT2D eigenvalue weighted by atomic mass is 9.98. The predicted molar refractivity (Wildman–Crippen MR) is 236 cm³/mol. The summed E-state index contributed by atoms with van der Waals surface area (Å²) in [5.41, 5.74) is 8.90.